The quantitative estimate of drug-likeness (QED) is 0.509. The molecule has 5 rings (SSSR count). The molecule has 1 aliphatic heterocycles. The smallest absolute Gasteiger partial charge is 0.416 e. The van der Waals surface area contributed by atoms with Crippen LogP contribution in [0.4, 0.5) is 18.9 Å². The molecule has 0 radical (unpaired) electrons. The molecule has 2 aliphatic rings. The number of amides is 1. The van der Waals surface area contributed by atoms with Crippen LogP contribution in [0.1, 0.15) is 26.8 Å². The highest BCUT2D eigenvalue weighted by atomic mass is 32.2. The average molecular weight is 509 g/mol. The van der Waals surface area contributed by atoms with Crippen LogP contribution in [0, 0.1) is 0 Å². The second-order valence-corrected chi connectivity index (χ2v) is 10.0. The van der Waals surface area contributed by atoms with E-state index in [-0.39, 0.29) is 25.8 Å². The van der Waals surface area contributed by atoms with Gasteiger partial charge in [0.2, 0.25) is 22.7 Å². The fraction of sp³-hybridized carbons (Fsp3) is 0.208. The number of hydrogen-bond donors (Lipinski definition) is 2. The first-order valence-electron chi connectivity index (χ1n) is 10.5. The van der Waals surface area contributed by atoms with Crippen LogP contribution in [0.15, 0.2) is 65.6 Å². The number of anilines is 1. The number of halogens is 3. The van der Waals surface area contributed by atoms with Gasteiger partial charge in [0.25, 0.3) is 0 Å². The summed E-state index contributed by atoms with van der Waals surface area (Å²) in [6, 6.07) is 13.5. The number of rotatable bonds is 5. The lowest BCUT2D eigenvalue weighted by molar-refractivity contribution is -0.137. The summed E-state index contributed by atoms with van der Waals surface area (Å²) in [7, 11) is -3.95. The van der Waals surface area contributed by atoms with Crippen LogP contribution < -0.4 is 19.9 Å². The molecule has 1 fully saturated rings. The molecule has 7 nitrogen and oxygen atoms in total. The fourth-order valence-corrected chi connectivity index (χ4v) is 4.60. The molecule has 3 N–H and O–H groups in total. The van der Waals surface area contributed by atoms with E-state index >= 15 is 0 Å². The van der Waals surface area contributed by atoms with Crippen molar-refractivity contribution < 1.29 is 38.7 Å². The summed E-state index contributed by atoms with van der Waals surface area (Å²) in [5, 5.41) is 7.73. The first kappa shape index (κ1) is 23.2. The van der Waals surface area contributed by atoms with Gasteiger partial charge < -0.3 is 14.8 Å². The lowest BCUT2D eigenvalue weighted by atomic mass is 9.94. The molecular formula is C24H23F3N2O5S. The van der Waals surface area contributed by atoms with E-state index in [1.165, 1.54) is 30.3 Å². The lowest BCUT2D eigenvalue weighted by Gasteiger charge is -2.18. The molecule has 0 aromatic heterocycles. The third kappa shape index (κ3) is 4.44. The standard InChI is InChI=1S/C24H19F3N2O5S.2H2/c25-24(26,27)17-9-15(14-1-4-19(5-2-14)35(28,31)32)10-18(11-17)29-22(30)23(7-8-23)16-3-6-20-21(12-16)34-13-33-20;;/h1-6,9-12H,7-8,13H2,(H,29,30)(H2,28,31,32);2*1H. The largest absolute Gasteiger partial charge is 0.454 e. The number of sulfonamides is 1. The minimum atomic E-state index is -4.66. The van der Waals surface area contributed by atoms with E-state index in [1.54, 1.807) is 18.2 Å². The SMILES string of the molecule is NS(=O)(=O)c1ccc(-c2cc(NC(=O)C3(c4ccc5c(c4)OCO5)CC3)cc(C(F)(F)F)c2)cc1.[HH].[HH]. The Morgan fingerprint density at radius 1 is 0.943 bits per heavy atom. The average Bonchev–Trinajstić information content (AvgIpc) is 3.49. The van der Waals surface area contributed by atoms with Crippen molar-refractivity contribution in [2.75, 3.05) is 12.1 Å². The van der Waals surface area contributed by atoms with Crippen LogP contribution in [-0.4, -0.2) is 21.1 Å². The Kier molecular flexibility index (Phi) is 5.29. The molecule has 0 bridgehead atoms. The molecule has 0 unspecified atom stereocenters. The van der Waals surface area contributed by atoms with Crippen LogP contribution in [0.25, 0.3) is 11.1 Å². The molecule has 1 heterocycles. The maximum Gasteiger partial charge on any atom is 0.416 e. The van der Waals surface area contributed by atoms with E-state index in [0.29, 0.717) is 35.5 Å². The van der Waals surface area contributed by atoms with Crippen LogP contribution in [0.2, 0.25) is 0 Å². The Bertz CT molecular complexity index is 1440. The van der Waals surface area contributed by atoms with Crippen LogP contribution in [-0.2, 0) is 26.4 Å². The summed E-state index contributed by atoms with van der Waals surface area (Å²) >= 11 is 0. The first-order chi connectivity index (χ1) is 16.5. The number of carbonyl (C=O) groups excluding carboxylic acids is 1. The highest BCUT2D eigenvalue weighted by Gasteiger charge is 2.51. The maximum absolute atomic E-state index is 13.6. The van der Waals surface area contributed by atoms with E-state index in [9.17, 15) is 26.4 Å². The summed E-state index contributed by atoms with van der Waals surface area (Å²) in [6.07, 6.45) is -3.58. The highest BCUT2D eigenvalue weighted by Crippen LogP contribution is 2.51. The minimum absolute atomic E-state index is 0. The molecule has 1 amide bonds. The summed E-state index contributed by atoms with van der Waals surface area (Å²) < 4.78 is 74.5. The summed E-state index contributed by atoms with van der Waals surface area (Å²) in [5.41, 5.74) is -0.659. The second kappa shape index (κ2) is 7.99. The predicted molar refractivity (Wildman–Crippen MR) is 125 cm³/mol. The Morgan fingerprint density at radius 2 is 1.63 bits per heavy atom. The zero-order valence-electron chi connectivity index (χ0n) is 18.1. The number of benzene rings is 3. The number of nitrogens with one attached hydrogen (secondary N) is 1. The second-order valence-electron chi connectivity index (χ2n) is 8.47. The number of ether oxygens (including phenoxy) is 2. The first-order valence-corrected chi connectivity index (χ1v) is 12.1. The van der Waals surface area contributed by atoms with Gasteiger partial charge in [0.05, 0.1) is 15.9 Å². The normalized spacial score (nSPS) is 16.1. The Balaban J connectivity index is 0.00000190. The molecule has 1 saturated carbocycles. The molecule has 0 atom stereocenters. The lowest BCUT2D eigenvalue weighted by Crippen LogP contribution is -2.28. The molecule has 3 aromatic carbocycles. The van der Waals surface area contributed by atoms with Crippen molar-refractivity contribution in [2.24, 2.45) is 5.14 Å². The van der Waals surface area contributed by atoms with Crippen molar-refractivity contribution >= 4 is 21.6 Å². The van der Waals surface area contributed by atoms with Crippen molar-refractivity contribution in [3.8, 4) is 22.6 Å². The molecule has 3 aromatic rings. The van der Waals surface area contributed by atoms with Gasteiger partial charge in [-0.05, 0) is 72.0 Å². The van der Waals surface area contributed by atoms with Gasteiger partial charge in [-0.3, -0.25) is 4.79 Å². The van der Waals surface area contributed by atoms with E-state index in [4.69, 9.17) is 14.6 Å². The number of primary sulfonamides is 1. The molecule has 35 heavy (non-hydrogen) atoms. The van der Waals surface area contributed by atoms with E-state index in [0.717, 1.165) is 12.1 Å². The summed E-state index contributed by atoms with van der Waals surface area (Å²) in [5.74, 6) is 0.665. The minimum Gasteiger partial charge on any atom is -0.454 e. The Labute approximate surface area is 201 Å². The monoisotopic (exact) mass is 508 g/mol. The van der Waals surface area contributed by atoms with Gasteiger partial charge in [0.15, 0.2) is 11.5 Å². The molecular weight excluding hydrogens is 485 g/mol. The van der Waals surface area contributed by atoms with Gasteiger partial charge >= 0.3 is 6.18 Å². The topological polar surface area (TPSA) is 108 Å². The summed E-state index contributed by atoms with van der Waals surface area (Å²) in [4.78, 5) is 13.1. The van der Waals surface area contributed by atoms with Gasteiger partial charge in [0, 0.05) is 8.54 Å². The van der Waals surface area contributed by atoms with Crippen LogP contribution in [0.5, 0.6) is 11.5 Å². The van der Waals surface area contributed by atoms with Crippen LogP contribution in [0.3, 0.4) is 0 Å². The van der Waals surface area contributed by atoms with E-state index in [2.05, 4.69) is 5.32 Å². The van der Waals surface area contributed by atoms with Crippen molar-refractivity contribution in [3.05, 3.63) is 71.8 Å². The maximum atomic E-state index is 13.6. The van der Waals surface area contributed by atoms with Crippen molar-refractivity contribution in [1.29, 1.82) is 0 Å². The van der Waals surface area contributed by atoms with Crippen molar-refractivity contribution in [3.63, 3.8) is 0 Å². The van der Waals surface area contributed by atoms with Gasteiger partial charge in [-0.1, -0.05) is 18.2 Å². The molecule has 1 aliphatic carbocycles. The Hall–Kier alpha value is -3.57. The number of fused-ring (bicyclic) bond motifs is 1. The van der Waals surface area contributed by atoms with E-state index < -0.39 is 33.1 Å². The number of alkyl halides is 3. The third-order valence-corrected chi connectivity index (χ3v) is 7.07. The zero-order chi connectivity index (χ0) is 25.0. The molecule has 0 saturated heterocycles. The van der Waals surface area contributed by atoms with E-state index in [1.807, 2.05) is 0 Å². The third-order valence-electron chi connectivity index (χ3n) is 6.14. The molecule has 186 valence electrons. The fourth-order valence-electron chi connectivity index (χ4n) is 4.08. The Morgan fingerprint density at radius 3 is 2.26 bits per heavy atom. The molecule has 0 spiro atoms. The van der Waals surface area contributed by atoms with Gasteiger partial charge in [0.1, 0.15) is 0 Å². The zero-order valence-corrected chi connectivity index (χ0v) is 18.9. The van der Waals surface area contributed by atoms with Crippen LogP contribution >= 0.6 is 0 Å². The van der Waals surface area contributed by atoms with Gasteiger partial charge in [-0.25, -0.2) is 13.6 Å². The number of nitrogens with two attached hydrogens (primary N) is 1. The summed E-state index contributed by atoms with van der Waals surface area (Å²) in [6.45, 7) is 0.0865. The highest BCUT2D eigenvalue weighted by molar-refractivity contribution is 7.89. The number of hydrogen-bond acceptors (Lipinski definition) is 5. The van der Waals surface area contributed by atoms with Gasteiger partial charge in [-0.15, -0.1) is 0 Å². The van der Waals surface area contributed by atoms with Crippen molar-refractivity contribution in [2.45, 2.75) is 29.3 Å². The predicted octanol–water partition coefficient (Wildman–Crippen LogP) is 4.91. The van der Waals surface area contributed by atoms with Gasteiger partial charge in [-0.2, -0.15) is 13.2 Å². The van der Waals surface area contributed by atoms with Crippen molar-refractivity contribution in [1.82, 2.24) is 0 Å². The molecule has 11 heteroatoms. The number of carbonyl (C=O) groups is 1.